The minimum Gasteiger partial charge on any atom is -0.455 e. The van der Waals surface area contributed by atoms with E-state index >= 15 is 0 Å². The zero-order valence-electron chi connectivity index (χ0n) is 14.1. The van der Waals surface area contributed by atoms with Gasteiger partial charge in [-0.1, -0.05) is 0 Å². The van der Waals surface area contributed by atoms with Crippen LogP contribution in [0.15, 0.2) is 0 Å². The highest BCUT2D eigenvalue weighted by Crippen LogP contribution is 2.19. The molecule has 0 aliphatic carbocycles. The molecule has 0 radical (unpaired) electrons. The quantitative estimate of drug-likeness (QED) is 0.404. The van der Waals surface area contributed by atoms with Crippen molar-refractivity contribution in [1.29, 1.82) is 0 Å². The van der Waals surface area contributed by atoms with E-state index in [1.165, 1.54) is 6.92 Å². The van der Waals surface area contributed by atoms with E-state index in [4.69, 9.17) is 13.3 Å². The molecule has 0 aliphatic heterocycles. The molecule has 2 amide bonds. The summed E-state index contributed by atoms with van der Waals surface area (Å²) in [7, 11) is -3.86. The summed E-state index contributed by atoms with van der Waals surface area (Å²) >= 11 is 0. The van der Waals surface area contributed by atoms with Crippen molar-refractivity contribution in [2.75, 3.05) is 13.1 Å². The minimum atomic E-state index is -3.86. The Morgan fingerprint density at radius 2 is 1.25 bits per heavy atom. The highest BCUT2D eigenvalue weighted by molar-refractivity contribution is 6.65. The van der Waals surface area contributed by atoms with Gasteiger partial charge in [0.25, 0.3) is 17.9 Å². The molecule has 0 aliphatic rings. The predicted molar refractivity (Wildman–Crippen MR) is 82.2 cm³/mol. The van der Waals surface area contributed by atoms with Crippen LogP contribution in [0.3, 0.4) is 0 Å². The van der Waals surface area contributed by atoms with Gasteiger partial charge in [0.15, 0.2) is 0 Å². The number of carbonyl (C=O) groups excluding carboxylic acids is 5. The Labute approximate surface area is 140 Å². The van der Waals surface area contributed by atoms with Gasteiger partial charge in [0.1, 0.15) is 0 Å². The molecule has 136 valence electrons. The van der Waals surface area contributed by atoms with Crippen LogP contribution in [-0.4, -0.2) is 51.6 Å². The van der Waals surface area contributed by atoms with Crippen molar-refractivity contribution in [3.8, 4) is 0 Å². The molecule has 0 aromatic heterocycles. The Morgan fingerprint density at radius 1 is 0.792 bits per heavy atom. The number of carbonyl (C=O) groups is 5. The van der Waals surface area contributed by atoms with Crippen LogP contribution < -0.4 is 10.6 Å². The molecule has 10 nitrogen and oxygen atoms in total. The predicted octanol–water partition coefficient (Wildman–Crippen LogP) is -0.743. The average molecular weight is 362 g/mol. The SMILES string of the molecule is CC(=O)NCC(=O)NCCC[Si](OC(C)=O)(OC(C)=O)OC(C)=O. The summed E-state index contributed by atoms with van der Waals surface area (Å²) in [5, 5.41) is 4.85. The van der Waals surface area contributed by atoms with Crippen LogP contribution in [0.2, 0.25) is 6.04 Å². The van der Waals surface area contributed by atoms with E-state index in [0.717, 1.165) is 20.8 Å². The van der Waals surface area contributed by atoms with Gasteiger partial charge in [-0.25, -0.2) is 0 Å². The molecule has 0 unspecified atom stereocenters. The van der Waals surface area contributed by atoms with Gasteiger partial charge >= 0.3 is 8.80 Å². The maximum absolute atomic E-state index is 11.4. The largest absolute Gasteiger partial charge is 0.705 e. The number of amides is 2. The lowest BCUT2D eigenvalue weighted by Gasteiger charge is -2.26. The molecule has 0 bridgehead atoms. The van der Waals surface area contributed by atoms with Crippen molar-refractivity contribution in [1.82, 2.24) is 10.6 Å². The molecule has 0 atom stereocenters. The van der Waals surface area contributed by atoms with Crippen molar-refractivity contribution in [3.63, 3.8) is 0 Å². The first kappa shape index (κ1) is 21.6. The highest BCUT2D eigenvalue weighted by Gasteiger charge is 2.51. The van der Waals surface area contributed by atoms with Gasteiger partial charge in [-0.15, -0.1) is 0 Å². The monoisotopic (exact) mass is 362 g/mol. The molecule has 0 saturated carbocycles. The second-order valence-electron chi connectivity index (χ2n) is 4.83. The van der Waals surface area contributed by atoms with E-state index in [9.17, 15) is 24.0 Å². The summed E-state index contributed by atoms with van der Waals surface area (Å²) in [6.45, 7) is 4.56. The number of nitrogens with one attached hydrogen (secondary N) is 2. The molecule has 0 spiro atoms. The first-order valence-electron chi connectivity index (χ1n) is 7.16. The van der Waals surface area contributed by atoms with Crippen LogP contribution in [0.5, 0.6) is 0 Å². The van der Waals surface area contributed by atoms with Gasteiger partial charge in [-0.2, -0.15) is 0 Å². The Balaban J connectivity index is 4.66. The third-order valence-electron chi connectivity index (χ3n) is 2.38. The summed E-state index contributed by atoms with van der Waals surface area (Å²) in [6.07, 6.45) is 0.228. The maximum atomic E-state index is 11.4. The van der Waals surface area contributed by atoms with Crippen LogP contribution in [0, 0.1) is 0 Å². The summed E-state index contributed by atoms with van der Waals surface area (Å²) in [6, 6.07) is -0.0356. The maximum Gasteiger partial charge on any atom is 0.705 e. The molecular formula is C13H22N2O8Si. The summed E-state index contributed by atoms with van der Waals surface area (Å²) in [4.78, 5) is 55.8. The normalized spacial score (nSPS) is 10.3. The molecule has 24 heavy (non-hydrogen) atoms. The van der Waals surface area contributed by atoms with E-state index in [-0.39, 0.29) is 31.5 Å². The van der Waals surface area contributed by atoms with Crippen molar-refractivity contribution in [2.24, 2.45) is 0 Å². The van der Waals surface area contributed by atoms with Crippen molar-refractivity contribution in [2.45, 2.75) is 40.2 Å². The van der Waals surface area contributed by atoms with Gasteiger partial charge in [0.05, 0.1) is 12.6 Å². The Morgan fingerprint density at radius 3 is 1.62 bits per heavy atom. The average Bonchev–Trinajstić information content (AvgIpc) is 2.38. The van der Waals surface area contributed by atoms with Crippen molar-refractivity contribution >= 4 is 38.5 Å². The van der Waals surface area contributed by atoms with E-state index in [2.05, 4.69) is 10.6 Å². The second kappa shape index (κ2) is 10.4. The molecule has 0 saturated heterocycles. The molecule has 0 fully saturated rings. The third kappa shape index (κ3) is 10.3. The molecule has 0 aromatic rings. The van der Waals surface area contributed by atoms with Crippen LogP contribution in [-0.2, 0) is 37.3 Å². The fourth-order valence-corrected chi connectivity index (χ4v) is 4.03. The van der Waals surface area contributed by atoms with Gasteiger partial charge < -0.3 is 23.9 Å². The lowest BCUT2D eigenvalue weighted by atomic mass is 10.4. The Hall–Kier alpha value is -2.43. The van der Waals surface area contributed by atoms with Crippen LogP contribution >= 0.6 is 0 Å². The summed E-state index contributed by atoms with van der Waals surface area (Å²) in [5.41, 5.74) is 0. The van der Waals surface area contributed by atoms with E-state index in [1.54, 1.807) is 0 Å². The molecule has 0 aromatic carbocycles. The lowest BCUT2D eigenvalue weighted by molar-refractivity contribution is -0.148. The first-order valence-corrected chi connectivity index (χ1v) is 9.09. The number of hydrogen-bond acceptors (Lipinski definition) is 8. The zero-order valence-corrected chi connectivity index (χ0v) is 15.1. The Kier molecular flexibility index (Phi) is 9.31. The zero-order chi connectivity index (χ0) is 18.8. The van der Waals surface area contributed by atoms with Gasteiger partial charge in [-0.3, -0.25) is 24.0 Å². The fourth-order valence-electron chi connectivity index (χ4n) is 1.67. The smallest absolute Gasteiger partial charge is 0.455 e. The number of hydrogen-bond donors (Lipinski definition) is 2. The lowest BCUT2D eigenvalue weighted by Crippen LogP contribution is -2.49. The van der Waals surface area contributed by atoms with Crippen LogP contribution in [0.25, 0.3) is 0 Å². The highest BCUT2D eigenvalue weighted by atomic mass is 28.4. The third-order valence-corrected chi connectivity index (χ3v) is 5.14. The van der Waals surface area contributed by atoms with E-state index < -0.39 is 32.6 Å². The van der Waals surface area contributed by atoms with Gasteiger partial charge in [0.2, 0.25) is 11.8 Å². The molecule has 0 heterocycles. The van der Waals surface area contributed by atoms with Crippen molar-refractivity contribution < 1.29 is 37.3 Å². The Bertz CT molecular complexity index is 467. The van der Waals surface area contributed by atoms with Crippen molar-refractivity contribution in [3.05, 3.63) is 0 Å². The fraction of sp³-hybridized carbons (Fsp3) is 0.615. The molecule has 11 heteroatoms. The van der Waals surface area contributed by atoms with Gasteiger partial charge in [0, 0.05) is 34.2 Å². The first-order chi connectivity index (χ1) is 11.1. The summed E-state index contributed by atoms with van der Waals surface area (Å²) < 4.78 is 15.0. The van der Waals surface area contributed by atoms with Crippen LogP contribution in [0.4, 0.5) is 0 Å². The van der Waals surface area contributed by atoms with E-state index in [1.807, 2.05) is 0 Å². The molecular weight excluding hydrogens is 340 g/mol. The topological polar surface area (TPSA) is 137 Å². The molecule has 2 N–H and O–H groups in total. The second-order valence-corrected chi connectivity index (χ2v) is 7.31. The van der Waals surface area contributed by atoms with Crippen LogP contribution in [0.1, 0.15) is 34.1 Å². The van der Waals surface area contributed by atoms with Gasteiger partial charge in [-0.05, 0) is 6.42 Å². The number of rotatable bonds is 9. The molecule has 0 rings (SSSR count). The van der Waals surface area contributed by atoms with E-state index in [0.29, 0.717) is 0 Å². The summed E-state index contributed by atoms with van der Waals surface area (Å²) in [5.74, 6) is -3.00. The minimum absolute atomic E-state index is 0.0356. The standard InChI is InChI=1S/C13H22N2O8Si/c1-9(16)15-8-13(20)14-6-5-7-24(21-10(2)17,22-11(3)18)23-12(4)19/h5-8H2,1-4H3,(H,14,20)(H,15,16).